The molecule has 76 heavy (non-hydrogen) atoms. The highest BCUT2D eigenvalue weighted by atomic mass is 16.7. The van der Waals surface area contributed by atoms with E-state index in [4.69, 9.17) is 28.4 Å². The topological polar surface area (TPSA) is 214 Å². The Morgan fingerprint density at radius 2 is 0.855 bits per heavy atom. The van der Waals surface area contributed by atoms with Crippen LogP contribution in [0, 0.1) is 0 Å². The third kappa shape index (κ3) is 34.2. The summed E-state index contributed by atoms with van der Waals surface area (Å²) in [5, 5.41) is 72.4. The Kier molecular flexibility index (Phi) is 43.9. The van der Waals surface area contributed by atoms with Gasteiger partial charge in [0.05, 0.1) is 26.4 Å². The molecule has 2 saturated heterocycles. The molecular weight excluding hydrogens is 969 g/mol. The molecular formula is C62H106O14. The lowest BCUT2D eigenvalue weighted by Gasteiger charge is -2.42. The zero-order valence-electron chi connectivity index (χ0n) is 47.0. The van der Waals surface area contributed by atoms with Crippen molar-refractivity contribution in [1.29, 1.82) is 0 Å². The van der Waals surface area contributed by atoms with E-state index in [1.807, 2.05) is 0 Å². The fraction of sp³-hybridized carbons (Fsp3) is 0.758. The van der Waals surface area contributed by atoms with E-state index in [0.717, 1.165) is 83.5 Å². The minimum absolute atomic E-state index is 0.0445. The monoisotopic (exact) mass is 1070 g/mol. The summed E-state index contributed by atoms with van der Waals surface area (Å²) in [7, 11) is 0. The number of allylic oxidation sites excluding steroid dienone is 14. The van der Waals surface area contributed by atoms with Crippen LogP contribution in [0.5, 0.6) is 0 Å². The summed E-state index contributed by atoms with van der Waals surface area (Å²) < 4.78 is 34.4. The fourth-order valence-corrected chi connectivity index (χ4v) is 8.87. The number of esters is 1. The van der Waals surface area contributed by atoms with E-state index in [1.54, 1.807) is 0 Å². The molecule has 11 unspecified atom stereocenters. The first kappa shape index (κ1) is 69.3. The van der Waals surface area contributed by atoms with Crippen molar-refractivity contribution in [2.75, 3.05) is 33.0 Å². The summed E-state index contributed by atoms with van der Waals surface area (Å²) in [6, 6.07) is 0. The predicted molar refractivity (Wildman–Crippen MR) is 302 cm³/mol. The average molecular weight is 1080 g/mol. The molecule has 2 fully saturated rings. The molecule has 0 spiro atoms. The molecule has 14 heteroatoms. The number of carbonyl (C=O) groups is 1. The molecule has 14 nitrogen and oxygen atoms in total. The number of hydrogen-bond donors (Lipinski definition) is 7. The Hall–Kier alpha value is -2.83. The molecule has 0 amide bonds. The van der Waals surface area contributed by atoms with Crippen LogP contribution < -0.4 is 0 Å². The van der Waals surface area contributed by atoms with E-state index in [0.29, 0.717) is 13.0 Å². The number of ether oxygens (including phenoxy) is 6. The molecule has 0 aliphatic carbocycles. The van der Waals surface area contributed by atoms with Gasteiger partial charge in [-0.3, -0.25) is 4.79 Å². The molecule has 2 heterocycles. The van der Waals surface area contributed by atoms with E-state index in [1.165, 1.54) is 89.9 Å². The summed E-state index contributed by atoms with van der Waals surface area (Å²) in [6.07, 6.45) is 46.4. The maximum Gasteiger partial charge on any atom is 0.306 e. The predicted octanol–water partition coefficient (Wildman–Crippen LogP) is 10.8. The molecule has 0 radical (unpaired) electrons. The second kappa shape index (κ2) is 48.1. The van der Waals surface area contributed by atoms with Crippen molar-refractivity contribution in [3.8, 4) is 0 Å². The SMILES string of the molecule is CC/C=C\C/C=C\C/C=C\C/C=C\C/C=C\C/C=C\CCCCCCC(=O)OC(COCCCCCCCCCC/C=C\CCCCCCCCC)COC1OC(COC2OC(CO)C(O)C(O)C2O)C(O)C(O)C1O. The van der Waals surface area contributed by atoms with Crippen molar-refractivity contribution in [2.45, 2.75) is 268 Å². The van der Waals surface area contributed by atoms with Crippen LogP contribution in [0.1, 0.15) is 200 Å². The summed E-state index contributed by atoms with van der Waals surface area (Å²) in [4.78, 5) is 13.1. The smallest absolute Gasteiger partial charge is 0.306 e. The largest absolute Gasteiger partial charge is 0.457 e. The van der Waals surface area contributed by atoms with Crippen LogP contribution in [-0.2, 0) is 33.2 Å². The molecule has 2 rings (SSSR count). The van der Waals surface area contributed by atoms with Crippen molar-refractivity contribution in [3.63, 3.8) is 0 Å². The molecule has 438 valence electrons. The lowest BCUT2D eigenvalue weighted by Crippen LogP contribution is -2.61. The van der Waals surface area contributed by atoms with Gasteiger partial charge in [0.2, 0.25) is 0 Å². The molecule has 0 bridgehead atoms. The molecule has 0 aromatic rings. The molecule has 0 aromatic carbocycles. The van der Waals surface area contributed by atoms with Gasteiger partial charge in [-0.2, -0.15) is 0 Å². The second-order valence-corrected chi connectivity index (χ2v) is 20.4. The van der Waals surface area contributed by atoms with Crippen LogP contribution in [0.15, 0.2) is 85.1 Å². The summed E-state index contributed by atoms with van der Waals surface area (Å²) >= 11 is 0. The van der Waals surface area contributed by atoms with E-state index in [2.05, 4.69) is 98.9 Å². The van der Waals surface area contributed by atoms with Gasteiger partial charge in [-0.15, -0.1) is 0 Å². The van der Waals surface area contributed by atoms with Crippen LogP contribution in [0.3, 0.4) is 0 Å². The molecule has 0 saturated carbocycles. The highest BCUT2D eigenvalue weighted by Crippen LogP contribution is 2.26. The van der Waals surface area contributed by atoms with Gasteiger partial charge in [0.1, 0.15) is 54.9 Å². The van der Waals surface area contributed by atoms with Gasteiger partial charge in [0.15, 0.2) is 12.6 Å². The zero-order chi connectivity index (χ0) is 55.1. The maximum absolute atomic E-state index is 13.1. The van der Waals surface area contributed by atoms with Crippen molar-refractivity contribution >= 4 is 5.97 Å². The van der Waals surface area contributed by atoms with Crippen LogP contribution in [0.2, 0.25) is 0 Å². The van der Waals surface area contributed by atoms with E-state index in [9.17, 15) is 40.5 Å². The highest BCUT2D eigenvalue weighted by Gasteiger charge is 2.47. The van der Waals surface area contributed by atoms with Crippen molar-refractivity contribution < 1.29 is 69.0 Å². The third-order valence-electron chi connectivity index (χ3n) is 13.6. The van der Waals surface area contributed by atoms with Gasteiger partial charge in [-0.25, -0.2) is 0 Å². The van der Waals surface area contributed by atoms with Crippen LogP contribution in [0.25, 0.3) is 0 Å². The number of hydrogen-bond acceptors (Lipinski definition) is 14. The number of unbranched alkanes of at least 4 members (excludes halogenated alkanes) is 19. The van der Waals surface area contributed by atoms with E-state index < -0.39 is 86.7 Å². The molecule has 2 aliphatic heterocycles. The summed E-state index contributed by atoms with van der Waals surface area (Å²) in [5.74, 6) is -0.403. The van der Waals surface area contributed by atoms with Gasteiger partial charge < -0.3 is 64.2 Å². The highest BCUT2D eigenvalue weighted by molar-refractivity contribution is 5.69. The first-order valence-corrected chi connectivity index (χ1v) is 29.7. The molecule has 0 aromatic heterocycles. The normalized spacial score (nSPS) is 25.1. The van der Waals surface area contributed by atoms with Crippen LogP contribution >= 0.6 is 0 Å². The first-order chi connectivity index (χ1) is 37.1. The lowest BCUT2D eigenvalue weighted by atomic mass is 9.98. The Balaban J connectivity index is 1.73. The fourth-order valence-electron chi connectivity index (χ4n) is 8.87. The van der Waals surface area contributed by atoms with Gasteiger partial charge in [0.25, 0.3) is 0 Å². The number of aliphatic hydroxyl groups excluding tert-OH is 7. The van der Waals surface area contributed by atoms with Gasteiger partial charge in [-0.05, 0) is 89.9 Å². The van der Waals surface area contributed by atoms with Gasteiger partial charge in [-0.1, -0.05) is 189 Å². The Morgan fingerprint density at radius 3 is 1.36 bits per heavy atom. The minimum atomic E-state index is -1.72. The number of rotatable bonds is 47. The van der Waals surface area contributed by atoms with Crippen molar-refractivity contribution in [1.82, 2.24) is 0 Å². The number of aliphatic hydroxyl groups is 7. The third-order valence-corrected chi connectivity index (χ3v) is 13.6. The van der Waals surface area contributed by atoms with Crippen LogP contribution in [-0.4, -0.2) is 142 Å². The van der Waals surface area contributed by atoms with Crippen molar-refractivity contribution in [3.05, 3.63) is 85.1 Å². The van der Waals surface area contributed by atoms with Gasteiger partial charge >= 0.3 is 5.97 Å². The van der Waals surface area contributed by atoms with Crippen molar-refractivity contribution in [2.24, 2.45) is 0 Å². The Labute approximate surface area is 459 Å². The quantitative estimate of drug-likeness (QED) is 0.0172. The summed E-state index contributed by atoms with van der Waals surface area (Å²) in [5.41, 5.74) is 0. The lowest BCUT2D eigenvalue weighted by molar-refractivity contribution is -0.332. The standard InChI is InChI=1S/C62H106O14/c1-3-5-7-9-11-13-15-17-19-21-23-24-25-26-27-29-31-33-35-37-39-41-43-45-54(64)74-51(48-71-46-44-42-40-38-36-34-32-30-28-22-20-18-16-14-12-10-8-6-4-2)49-72-61-60(70)58(68)56(66)53(76-61)50-73-62-59(69)57(67)55(65)52(47-63)75-62/h5,7,11,13,17,19-20,22-24,26-27,31,33,51-53,55-63,65-70H,3-4,6,8-10,12,14-16,18,21,25,28-30,32,34-50H2,1-2H3/b7-5-,13-11-,19-17-,22-20-,24-23-,27-26-,33-31-. The van der Waals surface area contributed by atoms with E-state index >= 15 is 0 Å². The maximum atomic E-state index is 13.1. The number of carbonyl (C=O) groups excluding carboxylic acids is 1. The zero-order valence-corrected chi connectivity index (χ0v) is 47.0. The van der Waals surface area contributed by atoms with Gasteiger partial charge in [0, 0.05) is 13.0 Å². The average Bonchev–Trinajstić information content (AvgIpc) is 3.42. The Bertz CT molecular complexity index is 1580. The van der Waals surface area contributed by atoms with E-state index in [-0.39, 0.29) is 19.6 Å². The summed E-state index contributed by atoms with van der Waals surface area (Å²) in [6.45, 7) is 3.53. The minimum Gasteiger partial charge on any atom is -0.457 e. The Morgan fingerprint density at radius 1 is 0.447 bits per heavy atom. The second-order valence-electron chi connectivity index (χ2n) is 20.4. The molecule has 2 aliphatic rings. The van der Waals surface area contributed by atoms with Crippen LogP contribution in [0.4, 0.5) is 0 Å². The first-order valence-electron chi connectivity index (χ1n) is 29.7. The molecule has 11 atom stereocenters. The molecule has 7 N–H and O–H groups in total.